The van der Waals surface area contributed by atoms with Crippen LogP contribution in [0.1, 0.15) is 68.7 Å². The minimum absolute atomic E-state index is 0.113. The highest BCUT2D eigenvalue weighted by molar-refractivity contribution is 5.78. The normalized spacial score (nSPS) is 24.5. The summed E-state index contributed by atoms with van der Waals surface area (Å²) in [6, 6.07) is 1.59. The van der Waals surface area contributed by atoms with E-state index < -0.39 is 6.43 Å². The van der Waals surface area contributed by atoms with Crippen LogP contribution in [0.5, 0.6) is 0 Å². The summed E-state index contributed by atoms with van der Waals surface area (Å²) >= 11 is 0. The predicted octanol–water partition coefficient (Wildman–Crippen LogP) is 3.88. The van der Waals surface area contributed by atoms with Crippen LogP contribution in [0, 0.1) is 6.92 Å². The summed E-state index contributed by atoms with van der Waals surface area (Å²) in [4.78, 5) is 24.5. The third-order valence-electron chi connectivity index (χ3n) is 7.73. The zero-order chi connectivity index (χ0) is 24.5. The maximum absolute atomic E-state index is 13.6. The molecular formula is C24H34F2N8O. The molecule has 3 aliphatic rings. The molecule has 3 aliphatic heterocycles. The zero-order valence-corrected chi connectivity index (χ0v) is 20.4. The largest absolute Gasteiger partial charge is 0.369 e. The Morgan fingerprint density at radius 3 is 2.66 bits per heavy atom. The number of likely N-dealkylation sites (tertiary alicyclic amines) is 1. The van der Waals surface area contributed by atoms with Crippen LogP contribution in [0.4, 0.5) is 26.2 Å². The molecule has 2 bridgehead atoms. The number of nitrogens with zero attached hydrogens (tertiary/aromatic N) is 6. The second-order valence-corrected chi connectivity index (χ2v) is 9.97. The van der Waals surface area contributed by atoms with Crippen molar-refractivity contribution in [3.8, 4) is 0 Å². The SMILES string of the molecule is Cc1nn(C2CC3CCC(C2)N3C)cc1Nc1ncc(C(F)F)c(NCCCN2CCCC2=O)n1. The summed E-state index contributed by atoms with van der Waals surface area (Å²) in [7, 11) is 2.22. The monoisotopic (exact) mass is 488 g/mol. The molecule has 190 valence electrons. The van der Waals surface area contributed by atoms with Gasteiger partial charge in [-0.25, -0.2) is 13.8 Å². The van der Waals surface area contributed by atoms with Gasteiger partial charge in [-0.15, -0.1) is 0 Å². The number of aromatic nitrogens is 4. The molecule has 5 heterocycles. The maximum Gasteiger partial charge on any atom is 0.268 e. The number of hydrogen-bond acceptors (Lipinski definition) is 7. The molecule has 5 rings (SSSR count). The summed E-state index contributed by atoms with van der Waals surface area (Å²) in [6.45, 7) is 3.75. The number of nitrogens with one attached hydrogen (secondary N) is 2. The molecule has 2 N–H and O–H groups in total. The molecule has 0 aliphatic carbocycles. The van der Waals surface area contributed by atoms with Crippen LogP contribution in [0.25, 0.3) is 0 Å². The fourth-order valence-electron chi connectivity index (χ4n) is 5.68. The molecular weight excluding hydrogens is 454 g/mol. The van der Waals surface area contributed by atoms with Crippen molar-refractivity contribution >= 4 is 23.4 Å². The smallest absolute Gasteiger partial charge is 0.268 e. The number of alkyl halides is 2. The molecule has 2 unspecified atom stereocenters. The van der Waals surface area contributed by atoms with E-state index in [2.05, 4.69) is 32.5 Å². The van der Waals surface area contributed by atoms with Crippen molar-refractivity contribution in [2.24, 2.45) is 0 Å². The Labute approximate surface area is 204 Å². The molecule has 2 aromatic heterocycles. The van der Waals surface area contributed by atoms with Gasteiger partial charge in [0.05, 0.1) is 23.0 Å². The molecule has 0 aromatic carbocycles. The summed E-state index contributed by atoms with van der Waals surface area (Å²) in [6.07, 6.45) is 7.28. The lowest BCUT2D eigenvalue weighted by molar-refractivity contribution is -0.127. The van der Waals surface area contributed by atoms with Gasteiger partial charge in [-0.2, -0.15) is 10.1 Å². The highest BCUT2D eigenvalue weighted by Gasteiger charge is 2.39. The van der Waals surface area contributed by atoms with Crippen LogP contribution in [0.3, 0.4) is 0 Å². The van der Waals surface area contributed by atoms with Crippen LogP contribution >= 0.6 is 0 Å². The van der Waals surface area contributed by atoms with Crippen molar-refractivity contribution in [2.75, 3.05) is 37.3 Å². The van der Waals surface area contributed by atoms with Crippen molar-refractivity contribution in [3.05, 3.63) is 23.7 Å². The third-order valence-corrected chi connectivity index (χ3v) is 7.73. The number of hydrogen-bond donors (Lipinski definition) is 2. The number of piperidine rings is 1. The van der Waals surface area contributed by atoms with Crippen LogP contribution in [0.15, 0.2) is 12.4 Å². The molecule has 9 nitrogen and oxygen atoms in total. The second-order valence-electron chi connectivity index (χ2n) is 9.97. The average molecular weight is 489 g/mol. The zero-order valence-electron chi connectivity index (χ0n) is 20.4. The van der Waals surface area contributed by atoms with Gasteiger partial charge in [0.1, 0.15) is 5.82 Å². The molecule has 11 heteroatoms. The molecule has 1 amide bonds. The van der Waals surface area contributed by atoms with Crippen LogP contribution in [-0.4, -0.2) is 74.2 Å². The highest BCUT2D eigenvalue weighted by atomic mass is 19.3. The number of rotatable bonds is 9. The van der Waals surface area contributed by atoms with Gasteiger partial charge in [-0.05, 0) is 52.5 Å². The Hall–Kier alpha value is -2.82. The lowest BCUT2D eigenvalue weighted by atomic mass is 9.98. The minimum Gasteiger partial charge on any atom is -0.369 e. The van der Waals surface area contributed by atoms with Crippen LogP contribution in [0.2, 0.25) is 0 Å². The van der Waals surface area contributed by atoms with E-state index in [9.17, 15) is 13.6 Å². The van der Waals surface area contributed by atoms with E-state index in [0.29, 0.717) is 44.1 Å². The summed E-state index contributed by atoms with van der Waals surface area (Å²) < 4.78 is 29.1. The fraction of sp³-hybridized carbons (Fsp3) is 0.667. The summed E-state index contributed by atoms with van der Waals surface area (Å²) in [5, 5.41) is 10.9. The molecule has 0 radical (unpaired) electrons. The van der Waals surface area contributed by atoms with E-state index in [1.165, 1.54) is 19.0 Å². The number of anilines is 3. The minimum atomic E-state index is -2.68. The molecule has 2 atom stereocenters. The first-order valence-electron chi connectivity index (χ1n) is 12.6. The Morgan fingerprint density at radius 2 is 1.97 bits per heavy atom. The van der Waals surface area contributed by atoms with Crippen molar-refractivity contribution in [1.29, 1.82) is 0 Å². The summed E-state index contributed by atoms with van der Waals surface area (Å²) in [5.74, 6) is 0.524. The van der Waals surface area contributed by atoms with Gasteiger partial charge < -0.3 is 20.4 Å². The topological polar surface area (TPSA) is 91.2 Å². The molecule has 3 fully saturated rings. The van der Waals surface area contributed by atoms with E-state index in [1.807, 2.05) is 22.7 Å². The quantitative estimate of drug-likeness (QED) is 0.518. The van der Waals surface area contributed by atoms with Crippen molar-refractivity contribution in [2.45, 2.75) is 76.4 Å². The standard InChI is InChI=1S/C24H34F2N8O/c1-15-20(14-34(31-15)18-11-16-6-7-17(12-18)32(16)2)29-24-28-13-19(22(25)26)23(30-24)27-8-4-10-33-9-3-5-21(33)35/h13-14,16-18,22H,3-12H2,1-2H3,(H2,27,28,29,30). The van der Waals surface area contributed by atoms with Crippen molar-refractivity contribution in [1.82, 2.24) is 29.5 Å². The van der Waals surface area contributed by atoms with Gasteiger partial charge in [-0.3, -0.25) is 9.48 Å². The third kappa shape index (κ3) is 5.10. The Morgan fingerprint density at radius 1 is 1.20 bits per heavy atom. The number of amides is 1. The molecule has 0 spiro atoms. The van der Waals surface area contributed by atoms with Crippen LogP contribution in [-0.2, 0) is 4.79 Å². The van der Waals surface area contributed by atoms with Gasteiger partial charge in [0.15, 0.2) is 0 Å². The first-order chi connectivity index (χ1) is 16.9. The Bertz CT molecular complexity index is 1050. The van der Waals surface area contributed by atoms with E-state index in [4.69, 9.17) is 5.10 Å². The van der Waals surface area contributed by atoms with Gasteiger partial charge in [0.2, 0.25) is 11.9 Å². The van der Waals surface area contributed by atoms with Gasteiger partial charge in [-0.1, -0.05) is 0 Å². The first kappa shape index (κ1) is 23.9. The lowest BCUT2D eigenvalue weighted by Gasteiger charge is -2.36. The number of carbonyl (C=O) groups is 1. The van der Waals surface area contributed by atoms with E-state index in [-0.39, 0.29) is 23.2 Å². The van der Waals surface area contributed by atoms with Gasteiger partial charge >= 0.3 is 0 Å². The van der Waals surface area contributed by atoms with Gasteiger partial charge in [0, 0.05) is 50.5 Å². The van der Waals surface area contributed by atoms with Crippen LogP contribution < -0.4 is 10.6 Å². The fourth-order valence-corrected chi connectivity index (χ4v) is 5.68. The van der Waals surface area contributed by atoms with Crippen molar-refractivity contribution < 1.29 is 13.6 Å². The predicted molar refractivity (Wildman–Crippen MR) is 129 cm³/mol. The maximum atomic E-state index is 13.6. The highest BCUT2D eigenvalue weighted by Crippen LogP contribution is 2.40. The van der Waals surface area contributed by atoms with E-state index in [0.717, 1.165) is 37.2 Å². The number of carbonyl (C=O) groups excluding carboxylic acids is 1. The first-order valence-corrected chi connectivity index (χ1v) is 12.6. The van der Waals surface area contributed by atoms with E-state index >= 15 is 0 Å². The molecule has 35 heavy (non-hydrogen) atoms. The average Bonchev–Trinajstić information content (AvgIpc) is 3.45. The number of halogens is 2. The van der Waals surface area contributed by atoms with E-state index in [1.54, 1.807) is 0 Å². The summed E-state index contributed by atoms with van der Waals surface area (Å²) in [5.41, 5.74) is 1.36. The van der Waals surface area contributed by atoms with Gasteiger partial charge in [0.25, 0.3) is 6.43 Å². The number of aryl methyl sites for hydroxylation is 1. The Balaban J connectivity index is 1.24. The lowest BCUT2D eigenvalue weighted by Crippen LogP contribution is -2.40. The van der Waals surface area contributed by atoms with Crippen molar-refractivity contribution in [3.63, 3.8) is 0 Å². The second kappa shape index (κ2) is 10.0. The molecule has 0 saturated carbocycles. The Kier molecular flexibility index (Phi) is 6.86. The number of fused-ring (bicyclic) bond motifs is 2. The molecule has 2 aromatic rings. The molecule has 3 saturated heterocycles.